The fraction of sp³-hybridized carbons (Fsp3) is 0.333. The second-order valence-corrected chi connectivity index (χ2v) is 4.88. The van der Waals surface area contributed by atoms with Crippen molar-refractivity contribution < 1.29 is 4.79 Å². The van der Waals surface area contributed by atoms with Crippen LogP contribution in [0.1, 0.15) is 24.0 Å². The normalized spacial score (nSPS) is 14.7. The van der Waals surface area contributed by atoms with Crippen LogP contribution >= 0.6 is 0 Å². The zero-order valence-electron chi connectivity index (χ0n) is 11.2. The monoisotopic (exact) mass is 255 g/mol. The number of benzene rings is 1. The SMILES string of the molecule is Cc1ccc(NC(=O)/C(C#N)=C\NC2CC2)c(C)c1. The van der Waals surface area contributed by atoms with E-state index in [0.717, 1.165) is 29.7 Å². The summed E-state index contributed by atoms with van der Waals surface area (Å²) in [5, 5.41) is 14.8. The summed E-state index contributed by atoms with van der Waals surface area (Å²) in [6, 6.07) is 8.13. The summed E-state index contributed by atoms with van der Waals surface area (Å²) in [6.07, 6.45) is 3.72. The van der Waals surface area contributed by atoms with Crippen LogP contribution in [0.25, 0.3) is 0 Å². The molecule has 1 amide bonds. The molecule has 1 aromatic carbocycles. The highest BCUT2D eigenvalue weighted by molar-refractivity contribution is 6.06. The number of anilines is 1. The Labute approximate surface area is 113 Å². The third-order valence-electron chi connectivity index (χ3n) is 3.04. The van der Waals surface area contributed by atoms with Gasteiger partial charge in [0.25, 0.3) is 5.91 Å². The third kappa shape index (κ3) is 3.59. The molecular formula is C15H17N3O. The van der Waals surface area contributed by atoms with Crippen molar-refractivity contribution in [2.75, 3.05) is 5.32 Å². The molecule has 0 spiro atoms. The fourth-order valence-corrected chi connectivity index (χ4v) is 1.74. The van der Waals surface area contributed by atoms with E-state index in [0.29, 0.717) is 6.04 Å². The average molecular weight is 255 g/mol. The molecular weight excluding hydrogens is 238 g/mol. The maximum atomic E-state index is 12.0. The van der Waals surface area contributed by atoms with Gasteiger partial charge in [0.05, 0.1) is 0 Å². The van der Waals surface area contributed by atoms with Crippen LogP contribution in [-0.4, -0.2) is 11.9 Å². The Balaban J connectivity index is 2.06. The van der Waals surface area contributed by atoms with Crippen molar-refractivity contribution in [3.05, 3.63) is 41.1 Å². The van der Waals surface area contributed by atoms with Gasteiger partial charge in [-0.25, -0.2) is 0 Å². The summed E-state index contributed by atoms with van der Waals surface area (Å²) in [5.74, 6) is -0.373. The molecule has 0 unspecified atom stereocenters. The zero-order valence-corrected chi connectivity index (χ0v) is 11.2. The largest absolute Gasteiger partial charge is 0.387 e. The molecule has 1 aromatic rings. The lowest BCUT2D eigenvalue weighted by Gasteiger charge is -2.08. The van der Waals surface area contributed by atoms with Gasteiger partial charge in [-0.1, -0.05) is 17.7 Å². The number of nitrogens with one attached hydrogen (secondary N) is 2. The van der Waals surface area contributed by atoms with Crippen molar-refractivity contribution in [2.24, 2.45) is 0 Å². The van der Waals surface area contributed by atoms with Crippen molar-refractivity contribution in [2.45, 2.75) is 32.7 Å². The minimum atomic E-state index is -0.373. The molecule has 0 heterocycles. The molecule has 2 N–H and O–H groups in total. The van der Waals surface area contributed by atoms with Gasteiger partial charge in [0.15, 0.2) is 0 Å². The molecule has 1 aliphatic carbocycles. The predicted octanol–water partition coefficient (Wildman–Crippen LogP) is 2.40. The molecule has 0 bridgehead atoms. The smallest absolute Gasteiger partial charge is 0.267 e. The molecule has 0 saturated heterocycles. The molecule has 0 radical (unpaired) electrons. The number of rotatable bonds is 4. The number of nitrogens with zero attached hydrogens (tertiary/aromatic N) is 1. The van der Waals surface area contributed by atoms with Gasteiger partial charge in [-0.05, 0) is 38.3 Å². The van der Waals surface area contributed by atoms with E-state index in [1.165, 1.54) is 6.20 Å². The Morgan fingerprint density at radius 1 is 1.42 bits per heavy atom. The summed E-state index contributed by atoms with van der Waals surface area (Å²) in [4.78, 5) is 12.0. The van der Waals surface area contributed by atoms with Crippen LogP contribution < -0.4 is 10.6 Å². The summed E-state index contributed by atoms with van der Waals surface area (Å²) < 4.78 is 0. The summed E-state index contributed by atoms with van der Waals surface area (Å²) in [5.41, 5.74) is 2.97. The number of hydrogen-bond acceptors (Lipinski definition) is 3. The van der Waals surface area contributed by atoms with Crippen molar-refractivity contribution in [3.8, 4) is 6.07 Å². The van der Waals surface area contributed by atoms with Gasteiger partial charge in [-0.3, -0.25) is 4.79 Å². The van der Waals surface area contributed by atoms with Crippen LogP contribution in [0.4, 0.5) is 5.69 Å². The van der Waals surface area contributed by atoms with E-state index < -0.39 is 0 Å². The van der Waals surface area contributed by atoms with Crippen LogP contribution in [0.15, 0.2) is 30.0 Å². The first-order chi connectivity index (χ1) is 9.10. The number of amides is 1. The van der Waals surface area contributed by atoms with E-state index in [2.05, 4.69) is 10.6 Å². The van der Waals surface area contributed by atoms with Crippen LogP contribution in [0.5, 0.6) is 0 Å². The Morgan fingerprint density at radius 2 is 2.16 bits per heavy atom. The number of carbonyl (C=O) groups is 1. The molecule has 1 fully saturated rings. The molecule has 4 heteroatoms. The fourth-order valence-electron chi connectivity index (χ4n) is 1.74. The first kappa shape index (κ1) is 13.2. The highest BCUT2D eigenvalue weighted by atomic mass is 16.1. The van der Waals surface area contributed by atoms with Crippen LogP contribution in [0.3, 0.4) is 0 Å². The quantitative estimate of drug-likeness (QED) is 0.641. The lowest BCUT2D eigenvalue weighted by Crippen LogP contribution is -2.18. The Bertz CT molecular complexity index is 565. The van der Waals surface area contributed by atoms with Crippen LogP contribution in [-0.2, 0) is 4.79 Å². The summed E-state index contributed by atoms with van der Waals surface area (Å²) in [6.45, 7) is 3.93. The van der Waals surface area contributed by atoms with Gasteiger partial charge in [-0.2, -0.15) is 5.26 Å². The molecule has 2 rings (SSSR count). The van der Waals surface area contributed by atoms with E-state index in [4.69, 9.17) is 5.26 Å². The maximum Gasteiger partial charge on any atom is 0.267 e. The van der Waals surface area contributed by atoms with E-state index in [-0.39, 0.29) is 11.5 Å². The Kier molecular flexibility index (Phi) is 3.86. The van der Waals surface area contributed by atoms with Crippen LogP contribution in [0.2, 0.25) is 0 Å². The van der Waals surface area contributed by atoms with Gasteiger partial charge in [0.2, 0.25) is 0 Å². The minimum absolute atomic E-state index is 0.104. The van der Waals surface area contributed by atoms with Crippen molar-refractivity contribution >= 4 is 11.6 Å². The zero-order chi connectivity index (χ0) is 13.8. The number of carbonyl (C=O) groups excluding carboxylic acids is 1. The predicted molar refractivity (Wildman–Crippen MR) is 74.4 cm³/mol. The highest BCUT2D eigenvalue weighted by Gasteiger charge is 2.20. The second kappa shape index (κ2) is 5.57. The molecule has 0 aromatic heterocycles. The van der Waals surface area contributed by atoms with Crippen molar-refractivity contribution in [3.63, 3.8) is 0 Å². The standard InChI is InChI=1S/C15H17N3O/c1-10-3-6-14(11(2)7-10)18-15(19)12(8-16)9-17-13-4-5-13/h3,6-7,9,13,17H,4-5H2,1-2H3,(H,18,19)/b12-9-. The summed E-state index contributed by atoms with van der Waals surface area (Å²) in [7, 11) is 0. The first-order valence-corrected chi connectivity index (χ1v) is 6.35. The first-order valence-electron chi connectivity index (χ1n) is 6.35. The van der Waals surface area contributed by atoms with Crippen molar-refractivity contribution in [1.29, 1.82) is 5.26 Å². The number of aryl methyl sites for hydroxylation is 2. The molecule has 98 valence electrons. The van der Waals surface area contributed by atoms with Gasteiger partial charge in [0, 0.05) is 17.9 Å². The molecule has 0 atom stereocenters. The molecule has 4 nitrogen and oxygen atoms in total. The second-order valence-electron chi connectivity index (χ2n) is 4.88. The lowest BCUT2D eigenvalue weighted by molar-refractivity contribution is -0.112. The van der Waals surface area contributed by atoms with E-state index in [1.807, 2.05) is 38.1 Å². The number of hydrogen-bond donors (Lipinski definition) is 2. The average Bonchev–Trinajstić information content (AvgIpc) is 3.17. The minimum Gasteiger partial charge on any atom is -0.387 e. The third-order valence-corrected chi connectivity index (χ3v) is 3.04. The molecule has 0 aliphatic heterocycles. The van der Waals surface area contributed by atoms with Crippen LogP contribution in [0, 0.1) is 25.2 Å². The topological polar surface area (TPSA) is 64.9 Å². The maximum absolute atomic E-state index is 12.0. The lowest BCUT2D eigenvalue weighted by atomic mass is 10.1. The van der Waals surface area contributed by atoms with Crippen molar-refractivity contribution in [1.82, 2.24) is 5.32 Å². The number of nitriles is 1. The molecule has 1 saturated carbocycles. The molecule has 1 aliphatic rings. The van der Waals surface area contributed by atoms with Gasteiger partial charge in [0.1, 0.15) is 11.6 Å². The molecule has 19 heavy (non-hydrogen) atoms. The Hall–Kier alpha value is -2.28. The van der Waals surface area contributed by atoms with Gasteiger partial charge in [-0.15, -0.1) is 0 Å². The van der Waals surface area contributed by atoms with E-state index in [1.54, 1.807) is 0 Å². The Morgan fingerprint density at radius 3 is 2.74 bits per heavy atom. The summed E-state index contributed by atoms with van der Waals surface area (Å²) >= 11 is 0. The van der Waals surface area contributed by atoms with E-state index in [9.17, 15) is 4.79 Å². The van der Waals surface area contributed by atoms with Gasteiger partial charge >= 0.3 is 0 Å². The van der Waals surface area contributed by atoms with E-state index >= 15 is 0 Å². The highest BCUT2D eigenvalue weighted by Crippen LogP contribution is 2.19. The van der Waals surface area contributed by atoms with Gasteiger partial charge < -0.3 is 10.6 Å².